The highest BCUT2D eigenvalue weighted by molar-refractivity contribution is 5.74. The Kier molecular flexibility index (Phi) is 2.64. The molecule has 4 saturated heterocycles. The van der Waals surface area contributed by atoms with E-state index in [2.05, 4.69) is 14.7 Å². The standard InChI is InChI=1S/C8H15N5O.ClH/c9-8(14)1-13-5-10-2-11(6-13)4-12(3-10)7-13;/h1-7H2,(H-,9,14);1H. The van der Waals surface area contributed by atoms with Gasteiger partial charge in [0, 0.05) is 0 Å². The Morgan fingerprint density at radius 1 is 1.07 bits per heavy atom. The van der Waals surface area contributed by atoms with Gasteiger partial charge in [0.1, 0.15) is 20.0 Å². The van der Waals surface area contributed by atoms with Crippen molar-refractivity contribution in [2.45, 2.75) is 0 Å². The molecule has 0 atom stereocenters. The molecule has 4 aliphatic heterocycles. The molecule has 0 aliphatic carbocycles. The number of nitrogens with zero attached hydrogens (tertiary/aromatic N) is 4. The fourth-order valence-corrected chi connectivity index (χ4v) is 3.14. The van der Waals surface area contributed by atoms with Gasteiger partial charge in [0.2, 0.25) is 0 Å². The summed E-state index contributed by atoms with van der Waals surface area (Å²) in [6, 6.07) is 0. The van der Waals surface area contributed by atoms with Gasteiger partial charge in [0.25, 0.3) is 5.91 Å². The lowest BCUT2D eigenvalue weighted by Crippen LogP contribution is -3.00. The number of nitrogens with two attached hydrogens (primary N) is 1. The van der Waals surface area contributed by atoms with Crippen LogP contribution in [0.2, 0.25) is 0 Å². The molecule has 1 amide bonds. The molecule has 15 heavy (non-hydrogen) atoms. The molecule has 2 N–H and O–H groups in total. The molecule has 0 unspecified atom stereocenters. The van der Waals surface area contributed by atoms with Gasteiger partial charge >= 0.3 is 0 Å². The zero-order chi connectivity index (χ0) is 9.76. The quantitative estimate of drug-likeness (QED) is 0.486. The summed E-state index contributed by atoms with van der Waals surface area (Å²) >= 11 is 0. The third kappa shape index (κ3) is 1.83. The van der Waals surface area contributed by atoms with Crippen LogP contribution in [-0.2, 0) is 4.79 Å². The lowest BCUT2D eigenvalue weighted by molar-refractivity contribution is -0.973. The van der Waals surface area contributed by atoms with Crippen LogP contribution in [0.3, 0.4) is 0 Å². The molecular weight excluding hydrogens is 218 g/mol. The van der Waals surface area contributed by atoms with Gasteiger partial charge in [0.15, 0.2) is 6.54 Å². The van der Waals surface area contributed by atoms with Crippen LogP contribution < -0.4 is 18.1 Å². The second-order valence-corrected chi connectivity index (χ2v) is 4.83. The molecule has 4 heterocycles. The van der Waals surface area contributed by atoms with Crippen LogP contribution in [0.15, 0.2) is 0 Å². The van der Waals surface area contributed by atoms with E-state index in [1.807, 2.05) is 0 Å². The third-order valence-corrected chi connectivity index (χ3v) is 3.19. The lowest BCUT2D eigenvalue weighted by atomic mass is 10.3. The Labute approximate surface area is 95.2 Å². The van der Waals surface area contributed by atoms with Crippen LogP contribution in [0.4, 0.5) is 0 Å². The molecule has 0 spiro atoms. The van der Waals surface area contributed by atoms with Crippen LogP contribution in [-0.4, -0.2) is 71.6 Å². The van der Waals surface area contributed by atoms with Gasteiger partial charge in [0.05, 0.1) is 20.0 Å². The Balaban J connectivity index is 0.000000853. The Morgan fingerprint density at radius 3 is 1.80 bits per heavy atom. The number of halogens is 1. The van der Waals surface area contributed by atoms with Gasteiger partial charge in [-0.15, -0.1) is 0 Å². The van der Waals surface area contributed by atoms with Crippen LogP contribution >= 0.6 is 0 Å². The molecule has 0 saturated carbocycles. The normalized spacial score (nSPS) is 46.3. The predicted molar refractivity (Wildman–Crippen MR) is 49.0 cm³/mol. The first kappa shape index (κ1) is 11.1. The molecule has 7 heteroatoms. The Morgan fingerprint density at radius 2 is 1.47 bits per heavy atom. The van der Waals surface area contributed by atoms with E-state index in [1.54, 1.807) is 0 Å². The van der Waals surface area contributed by atoms with Gasteiger partial charge < -0.3 is 18.1 Å². The summed E-state index contributed by atoms with van der Waals surface area (Å²) in [6.07, 6.45) is 0. The number of hydrogen-bond donors (Lipinski definition) is 1. The zero-order valence-corrected chi connectivity index (χ0v) is 9.36. The van der Waals surface area contributed by atoms with Gasteiger partial charge in [-0.25, -0.2) is 14.7 Å². The zero-order valence-electron chi connectivity index (χ0n) is 8.60. The Bertz CT molecular complexity index is 249. The maximum atomic E-state index is 11.0. The number of rotatable bonds is 2. The smallest absolute Gasteiger partial charge is 0.272 e. The summed E-state index contributed by atoms with van der Waals surface area (Å²) in [6.45, 7) is 6.57. The van der Waals surface area contributed by atoms with Gasteiger partial charge in [-0.2, -0.15) is 0 Å². The minimum absolute atomic E-state index is 0. The topological polar surface area (TPSA) is 52.8 Å². The minimum atomic E-state index is -0.185. The molecule has 0 aromatic rings. The molecule has 0 radical (unpaired) electrons. The molecule has 4 bridgehead atoms. The fourth-order valence-electron chi connectivity index (χ4n) is 3.14. The average Bonchev–Trinajstić information content (AvgIpc) is 1.96. The molecular formula is C8H16ClN5O. The minimum Gasteiger partial charge on any atom is -1.00 e. The molecule has 4 fully saturated rings. The van der Waals surface area contributed by atoms with Crippen LogP contribution in [0, 0.1) is 0 Å². The summed E-state index contributed by atoms with van der Waals surface area (Å²) in [4.78, 5) is 18.2. The number of quaternary nitrogens is 1. The highest BCUT2D eigenvalue weighted by Gasteiger charge is 2.48. The highest BCUT2D eigenvalue weighted by Crippen LogP contribution is 2.27. The third-order valence-electron chi connectivity index (χ3n) is 3.19. The van der Waals surface area contributed by atoms with E-state index < -0.39 is 0 Å². The van der Waals surface area contributed by atoms with Crippen molar-refractivity contribution in [2.24, 2.45) is 5.73 Å². The number of primary amides is 1. The van der Waals surface area contributed by atoms with Crippen molar-refractivity contribution in [1.29, 1.82) is 0 Å². The van der Waals surface area contributed by atoms with Crippen molar-refractivity contribution in [3.63, 3.8) is 0 Å². The van der Waals surface area contributed by atoms with E-state index in [0.29, 0.717) is 6.54 Å². The first-order chi connectivity index (χ1) is 6.65. The molecule has 0 aromatic heterocycles. The second kappa shape index (κ2) is 3.57. The molecule has 86 valence electrons. The SMILES string of the molecule is NC(=O)C[N+]12CN3CN(CN(C3)C1)C2.[Cl-]. The number of hydrogen-bond acceptors (Lipinski definition) is 4. The average molecular weight is 234 g/mol. The van der Waals surface area contributed by atoms with Gasteiger partial charge in [-0.05, 0) is 0 Å². The van der Waals surface area contributed by atoms with E-state index in [-0.39, 0.29) is 18.3 Å². The van der Waals surface area contributed by atoms with Crippen molar-refractivity contribution in [3.05, 3.63) is 0 Å². The van der Waals surface area contributed by atoms with Crippen molar-refractivity contribution >= 4 is 5.91 Å². The monoisotopic (exact) mass is 233 g/mol. The van der Waals surface area contributed by atoms with Gasteiger partial charge in [-0.3, -0.25) is 9.28 Å². The van der Waals surface area contributed by atoms with Crippen LogP contribution in [0.25, 0.3) is 0 Å². The molecule has 4 aliphatic rings. The van der Waals surface area contributed by atoms with E-state index in [9.17, 15) is 4.79 Å². The lowest BCUT2D eigenvalue weighted by Gasteiger charge is -2.60. The summed E-state index contributed by atoms with van der Waals surface area (Å²) in [5, 5.41) is 0. The van der Waals surface area contributed by atoms with E-state index in [4.69, 9.17) is 5.73 Å². The Hall–Kier alpha value is -0.400. The number of carbonyl (C=O) groups excluding carboxylic acids is 1. The van der Waals surface area contributed by atoms with Crippen LogP contribution in [0.1, 0.15) is 0 Å². The van der Waals surface area contributed by atoms with E-state index in [1.165, 1.54) is 0 Å². The molecule has 0 aromatic carbocycles. The highest BCUT2D eigenvalue weighted by atomic mass is 35.5. The summed E-state index contributed by atoms with van der Waals surface area (Å²) in [7, 11) is 0. The number of carbonyl (C=O) groups is 1. The number of amides is 1. The molecule has 6 nitrogen and oxygen atoms in total. The predicted octanol–water partition coefficient (Wildman–Crippen LogP) is -5.02. The van der Waals surface area contributed by atoms with Gasteiger partial charge in [-0.1, -0.05) is 0 Å². The first-order valence-corrected chi connectivity index (χ1v) is 4.96. The second-order valence-electron chi connectivity index (χ2n) is 4.83. The maximum absolute atomic E-state index is 11.0. The van der Waals surface area contributed by atoms with Crippen molar-refractivity contribution in [3.8, 4) is 0 Å². The van der Waals surface area contributed by atoms with E-state index in [0.717, 1.165) is 44.5 Å². The maximum Gasteiger partial charge on any atom is 0.272 e. The van der Waals surface area contributed by atoms with E-state index >= 15 is 0 Å². The van der Waals surface area contributed by atoms with Crippen molar-refractivity contribution < 1.29 is 21.7 Å². The summed E-state index contributed by atoms with van der Waals surface area (Å²) in [5.74, 6) is -0.185. The first-order valence-electron chi connectivity index (χ1n) is 4.96. The molecule has 4 rings (SSSR count). The van der Waals surface area contributed by atoms with Crippen molar-refractivity contribution in [1.82, 2.24) is 14.7 Å². The summed E-state index contributed by atoms with van der Waals surface area (Å²) < 4.78 is 0.815. The summed E-state index contributed by atoms with van der Waals surface area (Å²) in [5.41, 5.74) is 5.30. The largest absolute Gasteiger partial charge is 1.00 e. The van der Waals surface area contributed by atoms with Crippen molar-refractivity contribution in [2.75, 3.05) is 46.6 Å². The van der Waals surface area contributed by atoms with Crippen LogP contribution in [0.5, 0.6) is 0 Å². The fraction of sp³-hybridized carbons (Fsp3) is 0.875.